The highest BCUT2D eigenvalue weighted by atomic mass is 19.1. The molecule has 3 aromatic rings. The molecule has 2 aromatic heterocycles. The summed E-state index contributed by atoms with van der Waals surface area (Å²) in [5, 5.41) is 0. The van der Waals surface area contributed by atoms with Crippen molar-refractivity contribution < 1.29 is 4.39 Å². The summed E-state index contributed by atoms with van der Waals surface area (Å²) in [6.07, 6.45) is 1.43. The number of anilines is 1. The molecule has 0 atom stereocenters. The number of nitrogens with zero attached hydrogens (tertiary/aromatic N) is 2. The summed E-state index contributed by atoms with van der Waals surface area (Å²) in [7, 11) is 0. The first-order chi connectivity index (χ1) is 11.5. The van der Waals surface area contributed by atoms with Gasteiger partial charge in [0.25, 0.3) is 5.56 Å². The fourth-order valence-electron chi connectivity index (χ4n) is 2.55. The van der Waals surface area contributed by atoms with Crippen molar-refractivity contribution in [1.82, 2.24) is 14.5 Å². The van der Waals surface area contributed by atoms with E-state index in [2.05, 4.69) is 9.97 Å². The van der Waals surface area contributed by atoms with Crippen LogP contribution in [0.3, 0.4) is 0 Å². The van der Waals surface area contributed by atoms with E-state index >= 15 is 0 Å². The molecule has 1 aromatic carbocycles. The molecule has 0 saturated carbocycles. The Morgan fingerprint density at radius 3 is 2.62 bits per heavy atom. The molecule has 3 N–H and O–H groups in total. The molecule has 24 heavy (non-hydrogen) atoms. The first-order valence-electron chi connectivity index (χ1n) is 7.36. The van der Waals surface area contributed by atoms with Gasteiger partial charge >= 0.3 is 0 Å². The molecule has 0 bridgehead atoms. The third kappa shape index (κ3) is 2.71. The molecule has 0 aliphatic rings. The smallest absolute Gasteiger partial charge is 0.263 e. The van der Waals surface area contributed by atoms with Gasteiger partial charge in [-0.25, -0.2) is 9.37 Å². The molecule has 0 spiro atoms. The highest BCUT2D eigenvalue weighted by Crippen LogP contribution is 2.28. The van der Waals surface area contributed by atoms with E-state index < -0.39 is 5.82 Å². The molecule has 0 fully saturated rings. The number of hydrogen-bond donors (Lipinski definition) is 2. The van der Waals surface area contributed by atoms with Crippen molar-refractivity contribution >= 4 is 5.95 Å². The molecule has 122 valence electrons. The third-order valence-corrected chi connectivity index (χ3v) is 3.69. The topological polar surface area (TPSA) is 93.8 Å². The lowest BCUT2D eigenvalue weighted by molar-refractivity contribution is 0.628. The van der Waals surface area contributed by atoms with Gasteiger partial charge in [0.2, 0.25) is 11.5 Å². The van der Waals surface area contributed by atoms with Crippen LogP contribution in [0, 0.1) is 5.82 Å². The summed E-state index contributed by atoms with van der Waals surface area (Å²) < 4.78 is 14.9. The Balaban J connectivity index is 2.38. The van der Waals surface area contributed by atoms with Crippen molar-refractivity contribution in [2.45, 2.75) is 13.5 Å². The molecule has 2 heterocycles. The van der Waals surface area contributed by atoms with E-state index in [1.165, 1.54) is 41.1 Å². The van der Waals surface area contributed by atoms with E-state index in [1.54, 1.807) is 13.0 Å². The van der Waals surface area contributed by atoms with Gasteiger partial charge in [0.05, 0.1) is 11.3 Å². The maximum atomic E-state index is 13.6. The summed E-state index contributed by atoms with van der Waals surface area (Å²) in [5.74, 6) is -0.394. The van der Waals surface area contributed by atoms with Gasteiger partial charge < -0.3 is 10.7 Å². The van der Waals surface area contributed by atoms with Crippen molar-refractivity contribution in [3.05, 3.63) is 69.1 Å². The highest BCUT2D eigenvalue weighted by molar-refractivity contribution is 5.80. The number of pyridine rings is 1. The van der Waals surface area contributed by atoms with Gasteiger partial charge in [-0.1, -0.05) is 12.1 Å². The Kier molecular flexibility index (Phi) is 3.99. The van der Waals surface area contributed by atoms with Crippen LogP contribution >= 0.6 is 0 Å². The SMILES string of the molecule is CCn1c(N)nc(-c2cccc(F)c2)c(-c2ccc(=O)[nH]c2)c1=O. The molecule has 7 heteroatoms. The number of benzene rings is 1. The minimum Gasteiger partial charge on any atom is -0.369 e. The monoisotopic (exact) mass is 326 g/mol. The lowest BCUT2D eigenvalue weighted by Crippen LogP contribution is -2.26. The quantitative estimate of drug-likeness (QED) is 0.770. The van der Waals surface area contributed by atoms with E-state index in [1.807, 2.05) is 0 Å². The lowest BCUT2D eigenvalue weighted by Gasteiger charge is -2.14. The van der Waals surface area contributed by atoms with Gasteiger partial charge in [-0.3, -0.25) is 14.2 Å². The number of halogens is 1. The maximum absolute atomic E-state index is 13.6. The number of nitrogens with two attached hydrogens (primary N) is 1. The average molecular weight is 326 g/mol. The van der Waals surface area contributed by atoms with Crippen LogP contribution in [0.5, 0.6) is 0 Å². The van der Waals surface area contributed by atoms with Crippen LogP contribution in [0.2, 0.25) is 0 Å². The standard InChI is InChI=1S/C17H15FN4O2/c1-2-22-16(24)14(11-6-7-13(23)20-9-11)15(21-17(22)19)10-4-3-5-12(18)8-10/h3-9H,2H2,1H3,(H2,19,21)(H,20,23). The molecule has 0 aliphatic heterocycles. The van der Waals surface area contributed by atoms with E-state index in [9.17, 15) is 14.0 Å². The fourth-order valence-corrected chi connectivity index (χ4v) is 2.55. The van der Waals surface area contributed by atoms with Crippen molar-refractivity contribution in [1.29, 1.82) is 0 Å². The Hall–Kier alpha value is -3.22. The second kappa shape index (κ2) is 6.11. The van der Waals surface area contributed by atoms with Crippen LogP contribution in [-0.4, -0.2) is 14.5 Å². The van der Waals surface area contributed by atoms with Crippen LogP contribution < -0.4 is 16.9 Å². The van der Waals surface area contributed by atoms with Gasteiger partial charge in [0.15, 0.2) is 0 Å². The normalized spacial score (nSPS) is 10.8. The summed E-state index contributed by atoms with van der Waals surface area (Å²) in [5.41, 5.74) is 6.69. The van der Waals surface area contributed by atoms with Crippen LogP contribution in [0.25, 0.3) is 22.4 Å². The number of nitrogen functional groups attached to an aromatic ring is 1. The number of aromatic nitrogens is 3. The summed E-state index contributed by atoms with van der Waals surface area (Å²) in [6, 6.07) is 8.61. The first kappa shape index (κ1) is 15.7. The Morgan fingerprint density at radius 1 is 1.21 bits per heavy atom. The average Bonchev–Trinajstić information content (AvgIpc) is 2.56. The van der Waals surface area contributed by atoms with Crippen molar-refractivity contribution in [2.24, 2.45) is 0 Å². The van der Waals surface area contributed by atoms with Gasteiger partial charge in [0, 0.05) is 29.9 Å². The molecule has 3 rings (SSSR count). The van der Waals surface area contributed by atoms with Gasteiger partial charge in [0.1, 0.15) is 5.82 Å². The lowest BCUT2D eigenvalue weighted by atomic mass is 10.0. The molecular formula is C17H15FN4O2. The summed E-state index contributed by atoms with van der Waals surface area (Å²) in [4.78, 5) is 31.0. The minimum atomic E-state index is -0.444. The number of nitrogens with one attached hydrogen (secondary N) is 1. The van der Waals surface area contributed by atoms with E-state index in [0.29, 0.717) is 17.7 Å². The molecular weight excluding hydrogens is 311 g/mol. The Labute approximate surface area is 136 Å². The summed E-state index contributed by atoms with van der Waals surface area (Å²) in [6.45, 7) is 2.12. The van der Waals surface area contributed by atoms with E-state index in [-0.39, 0.29) is 28.3 Å². The number of hydrogen-bond acceptors (Lipinski definition) is 4. The highest BCUT2D eigenvalue weighted by Gasteiger charge is 2.18. The second-order valence-electron chi connectivity index (χ2n) is 5.19. The van der Waals surface area contributed by atoms with Crippen molar-refractivity contribution in [3.63, 3.8) is 0 Å². The molecule has 0 amide bonds. The second-order valence-corrected chi connectivity index (χ2v) is 5.19. The molecule has 0 unspecified atom stereocenters. The van der Waals surface area contributed by atoms with Crippen LogP contribution in [0.1, 0.15) is 6.92 Å². The minimum absolute atomic E-state index is 0.0509. The van der Waals surface area contributed by atoms with Gasteiger partial charge in [-0.2, -0.15) is 0 Å². The molecule has 0 saturated heterocycles. The van der Waals surface area contributed by atoms with Crippen LogP contribution in [0.4, 0.5) is 10.3 Å². The predicted molar refractivity (Wildman–Crippen MR) is 90.0 cm³/mol. The van der Waals surface area contributed by atoms with E-state index in [0.717, 1.165) is 0 Å². The zero-order valence-electron chi connectivity index (χ0n) is 12.9. The largest absolute Gasteiger partial charge is 0.369 e. The number of aromatic amines is 1. The maximum Gasteiger partial charge on any atom is 0.263 e. The van der Waals surface area contributed by atoms with Crippen LogP contribution in [-0.2, 0) is 6.54 Å². The summed E-state index contributed by atoms with van der Waals surface area (Å²) >= 11 is 0. The fraction of sp³-hybridized carbons (Fsp3) is 0.118. The number of rotatable bonds is 3. The molecule has 6 nitrogen and oxygen atoms in total. The van der Waals surface area contributed by atoms with Crippen molar-refractivity contribution in [2.75, 3.05) is 5.73 Å². The zero-order chi connectivity index (χ0) is 17.3. The van der Waals surface area contributed by atoms with Crippen molar-refractivity contribution in [3.8, 4) is 22.4 Å². The molecule has 0 aliphatic carbocycles. The predicted octanol–water partition coefficient (Wildman–Crippen LogP) is 2.01. The van der Waals surface area contributed by atoms with Crippen LogP contribution in [0.15, 0.2) is 52.2 Å². The molecule has 0 radical (unpaired) electrons. The van der Waals surface area contributed by atoms with Gasteiger partial charge in [-0.15, -0.1) is 0 Å². The Morgan fingerprint density at radius 2 is 2.00 bits per heavy atom. The zero-order valence-corrected chi connectivity index (χ0v) is 12.9. The van der Waals surface area contributed by atoms with Gasteiger partial charge in [-0.05, 0) is 25.1 Å². The Bertz CT molecular complexity index is 1000. The third-order valence-electron chi connectivity index (χ3n) is 3.69. The van der Waals surface area contributed by atoms with E-state index in [4.69, 9.17) is 5.73 Å². The number of H-pyrrole nitrogens is 1. The first-order valence-corrected chi connectivity index (χ1v) is 7.36.